The molecular weight excluding hydrogens is 386 g/mol. The Labute approximate surface area is 185 Å². The van der Waals surface area contributed by atoms with Gasteiger partial charge in [-0.15, -0.1) is 0 Å². The molecule has 3 rings (SSSR count). The second-order valence-corrected chi connectivity index (χ2v) is 8.74. The molecule has 1 heterocycles. The number of carbonyl (C=O) groups excluding carboxylic acids is 2. The van der Waals surface area contributed by atoms with Crippen LogP contribution < -0.4 is 0 Å². The minimum Gasteiger partial charge on any atom is -0.507 e. The predicted molar refractivity (Wildman–Crippen MR) is 125 cm³/mol. The Balaban J connectivity index is 2.06. The third-order valence-electron chi connectivity index (χ3n) is 6.04. The van der Waals surface area contributed by atoms with Crippen molar-refractivity contribution in [3.05, 3.63) is 76.4 Å². The molecule has 1 amide bonds. The zero-order valence-electron chi connectivity index (χ0n) is 19.0. The summed E-state index contributed by atoms with van der Waals surface area (Å²) in [4.78, 5) is 27.6. The van der Waals surface area contributed by atoms with Crippen LogP contribution in [0.25, 0.3) is 5.76 Å². The number of amides is 1. The third-order valence-corrected chi connectivity index (χ3v) is 6.04. The topological polar surface area (TPSA) is 57.6 Å². The number of benzene rings is 2. The van der Waals surface area contributed by atoms with Crippen LogP contribution in [0.4, 0.5) is 0 Å². The molecule has 1 atom stereocenters. The van der Waals surface area contributed by atoms with Crippen LogP contribution in [0.15, 0.2) is 54.1 Å². The number of aliphatic hydroxyl groups excluding tert-OH is 1. The fourth-order valence-electron chi connectivity index (χ4n) is 4.10. The van der Waals surface area contributed by atoms with E-state index in [1.54, 1.807) is 17.0 Å². The number of hydrogen-bond donors (Lipinski definition) is 1. The van der Waals surface area contributed by atoms with Crippen molar-refractivity contribution in [1.82, 2.24) is 4.90 Å². The van der Waals surface area contributed by atoms with E-state index in [1.807, 2.05) is 43.3 Å². The molecule has 0 radical (unpaired) electrons. The molecule has 0 spiro atoms. The maximum Gasteiger partial charge on any atom is 0.295 e. The van der Waals surface area contributed by atoms with Gasteiger partial charge in [-0.05, 0) is 30.4 Å². The first-order chi connectivity index (χ1) is 14.8. The van der Waals surface area contributed by atoms with E-state index in [4.69, 9.17) is 0 Å². The largest absolute Gasteiger partial charge is 0.507 e. The van der Waals surface area contributed by atoms with Gasteiger partial charge in [-0.1, -0.05) is 94.1 Å². The van der Waals surface area contributed by atoms with Crippen LogP contribution in [-0.2, 0) is 9.59 Å². The summed E-state index contributed by atoms with van der Waals surface area (Å²) in [6, 6.07) is 14.8. The summed E-state index contributed by atoms with van der Waals surface area (Å²) in [5.41, 5.74) is 3.85. The number of aryl methyl sites for hydroxylation is 1. The molecule has 1 saturated heterocycles. The summed E-state index contributed by atoms with van der Waals surface area (Å²) < 4.78 is 0. The summed E-state index contributed by atoms with van der Waals surface area (Å²) in [6.07, 6.45) is 4.05. The monoisotopic (exact) mass is 419 g/mol. The molecule has 0 saturated carbocycles. The molecule has 0 bridgehead atoms. The van der Waals surface area contributed by atoms with Gasteiger partial charge in [-0.25, -0.2) is 0 Å². The normalized spacial score (nSPS) is 18.2. The zero-order valence-corrected chi connectivity index (χ0v) is 19.0. The molecule has 4 nitrogen and oxygen atoms in total. The van der Waals surface area contributed by atoms with E-state index in [1.165, 1.54) is 5.56 Å². The number of unbranched alkanes of at least 4 members (excludes halogenated alkanes) is 3. The van der Waals surface area contributed by atoms with Crippen LogP contribution in [-0.4, -0.2) is 28.2 Å². The molecule has 31 heavy (non-hydrogen) atoms. The van der Waals surface area contributed by atoms with Gasteiger partial charge >= 0.3 is 0 Å². The Morgan fingerprint density at radius 3 is 2.19 bits per heavy atom. The van der Waals surface area contributed by atoms with Gasteiger partial charge in [0, 0.05) is 12.1 Å². The highest BCUT2D eigenvalue weighted by atomic mass is 16.3. The van der Waals surface area contributed by atoms with E-state index < -0.39 is 17.7 Å². The Bertz CT molecular complexity index is 955. The minimum atomic E-state index is -0.605. The summed E-state index contributed by atoms with van der Waals surface area (Å²) in [7, 11) is 0. The van der Waals surface area contributed by atoms with Gasteiger partial charge in [0.15, 0.2) is 0 Å². The van der Waals surface area contributed by atoms with Gasteiger partial charge in [-0.2, -0.15) is 0 Å². The van der Waals surface area contributed by atoms with Crippen LogP contribution in [0.1, 0.15) is 80.7 Å². The molecule has 1 N–H and O–H groups in total. The first-order valence-electron chi connectivity index (χ1n) is 11.3. The lowest BCUT2D eigenvalue weighted by Gasteiger charge is -2.25. The fourth-order valence-corrected chi connectivity index (χ4v) is 4.10. The SMILES string of the molecule is CCCCCCN1C(=O)C(=O)C(=C(O)c2ccc(C)cc2)C1c1ccc(C(C)C)cc1. The van der Waals surface area contributed by atoms with E-state index in [9.17, 15) is 14.7 Å². The number of aliphatic hydroxyl groups is 1. The van der Waals surface area contributed by atoms with Crippen molar-refractivity contribution in [2.45, 2.75) is 65.3 Å². The molecular formula is C27H33NO3. The Hall–Kier alpha value is -2.88. The Morgan fingerprint density at radius 2 is 1.61 bits per heavy atom. The highest BCUT2D eigenvalue weighted by molar-refractivity contribution is 6.46. The Kier molecular flexibility index (Phi) is 7.32. The van der Waals surface area contributed by atoms with Crippen LogP contribution in [0.5, 0.6) is 0 Å². The lowest BCUT2D eigenvalue weighted by molar-refractivity contribution is -0.139. The number of ketones is 1. The smallest absolute Gasteiger partial charge is 0.295 e. The average Bonchev–Trinajstić information content (AvgIpc) is 3.01. The van der Waals surface area contributed by atoms with Crippen molar-refractivity contribution in [2.24, 2.45) is 0 Å². The predicted octanol–water partition coefficient (Wildman–Crippen LogP) is 6.12. The van der Waals surface area contributed by atoms with E-state index in [0.29, 0.717) is 18.0 Å². The summed E-state index contributed by atoms with van der Waals surface area (Å²) in [6.45, 7) is 8.88. The van der Waals surface area contributed by atoms with Gasteiger partial charge in [0.25, 0.3) is 11.7 Å². The Morgan fingerprint density at radius 1 is 0.968 bits per heavy atom. The van der Waals surface area contributed by atoms with Crippen molar-refractivity contribution in [3.63, 3.8) is 0 Å². The maximum atomic E-state index is 13.0. The van der Waals surface area contributed by atoms with Crippen molar-refractivity contribution in [2.75, 3.05) is 6.54 Å². The van der Waals surface area contributed by atoms with Crippen LogP contribution in [0, 0.1) is 6.92 Å². The molecule has 0 aromatic heterocycles. The zero-order chi connectivity index (χ0) is 22.5. The summed E-state index contributed by atoms with van der Waals surface area (Å²) >= 11 is 0. The summed E-state index contributed by atoms with van der Waals surface area (Å²) in [5.74, 6) is -0.844. The van der Waals surface area contributed by atoms with Gasteiger partial charge in [0.05, 0.1) is 11.6 Å². The molecule has 2 aromatic carbocycles. The molecule has 2 aromatic rings. The highest BCUT2D eigenvalue weighted by Gasteiger charge is 2.45. The lowest BCUT2D eigenvalue weighted by atomic mass is 9.93. The molecule has 1 fully saturated rings. The second kappa shape index (κ2) is 9.95. The first-order valence-corrected chi connectivity index (χ1v) is 11.3. The van der Waals surface area contributed by atoms with Gasteiger partial charge in [0.1, 0.15) is 5.76 Å². The van der Waals surface area contributed by atoms with E-state index in [0.717, 1.165) is 36.8 Å². The number of Topliss-reactive ketones (excluding diaryl/α,β-unsaturated/α-hetero) is 1. The molecule has 164 valence electrons. The van der Waals surface area contributed by atoms with E-state index in [2.05, 4.69) is 20.8 Å². The van der Waals surface area contributed by atoms with Crippen molar-refractivity contribution < 1.29 is 14.7 Å². The van der Waals surface area contributed by atoms with Crippen molar-refractivity contribution in [3.8, 4) is 0 Å². The molecule has 0 aliphatic carbocycles. The fraction of sp³-hybridized carbons (Fsp3) is 0.407. The number of likely N-dealkylation sites (tertiary alicyclic amines) is 1. The lowest BCUT2D eigenvalue weighted by Crippen LogP contribution is -2.30. The van der Waals surface area contributed by atoms with Gasteiger partial charge < -0.3 is 10.0 Å². The van der Waals surface area contributed by atoms with E-state index >= 15 is 0 Å². The molecule has 4 heteroatoms. The minimum absolute atomic E-state index is 0.104. The highest BCUT2D eigenvalue weighted by Crippen LogP contribution is 2.40. The number of nitrogens with zero attached hydrogens (tertiary/aromatic N) is 1. The second-order valence-electron chi connectivity index (χ2n) is 8.74. The molecule has 1 unspecified atom stereocenters. The first kappa shape index (κ1) is 22.8. The number of rotatable bonds is 8. The quantitative estimate of drug-likeness (QED) is 0.243. The molecule has 1 aliphatic rings. The average molecular weight is 420 g/mol. The van der Waals surface area contributed by atoms with Crippen LogP contribution >= 0.6 is 0 Å². The number of hydrogen-bond acceptors (Lipinski definition) is 3. The van der Waals surface area contributed by atoms with Crippen LogP contribution in [0.2, 0.25) is 0 Å². The van der Waals surface area contributed by atoms with Crippen molar-refractivity contribution in [1.29, 1.82) is 0 Å². The van der Waals surface area contributed by atoms with Gasteiger partial charge in [0.2, 0.25) is 0 Å². The van der Waals surface area contributed by atoms with Crippen LogP contribution in [0.3, 0.4) is 0 Å². The summed E-state index contributed by atoms with van der Waals surface area (Å²) in [5, 5.41) is 11.1. The number of carbonyl (C=O) groups is 2. The van der Waals surface area contributed by atoms with E-state index in [-0.39, 0.29) is 11.3 Å². The van der Waals surface area contributed by atoms with Gasteiger partial charge in [-0.3, -0.25) is 9.59 Å². The molecule has 1 aliphatic heterocycles. The standard InChI is InChI=1S/C27H33NO3/c1-5-6-7-8-17-28-24(21-15-13-20(14-16-21)18(2)3)23(26(30)27(28)31)25(29)22-11-9-19(4)10-12-22/h9-16,18,24,29H,5-8,17H2,1-4H3. The third kappa shape index (κ3) is 4.90. The maximum absolute atomic E-state index is 13.0. The van der Waals surface area contributed by atoms with Crippen molar-refractivity contribution >= 4 is 17.4 Å².